The minimum Gasteiger partial charge on any atom is -0.436 e. The van der Waals surface area contributed by atoms with Crippen molar-refractivity contribution in [3.63, 3.8) is 0 Å². The van der Waals surface area contributed by atoms with E-state index in [1.165, 1.54) is 0 Å². The Bertz CT molecular complexity index is 635. The largest absolute Gasteiger partial charge is 0.436 e. The van der Waals surface area contributed by atoms with E-state index in [2.05, 4.69) is 27.0 Å². The van der Waals surface area contributed by atoms with Crippen LogP contribution in [0.3, 0.4) is 0 Å². The quantitative estimate of drug-likeness (QED) is 0.863. The van der Waals surface area contributed by atoms with Gasteiger partial charge in [0.25, 0.3) is 0 Å². The molecule has 0 unspecified atom stereocenters. The number of anilines is 1. The second kappa shape index (κ2) is 5.07. The van der Waals surface area contributed by atoms with Crippen LogP contribution in [0.4, 0.5) is 5.69 Å². The molecule has 0 aliphatic heterocycles. The Balaban J connectivity index is 2.44. The van der Waals surface area contributed by atoms with Gasteiger partial charge in [-0.15, -0.1) is 0 Å². The Morgan fingerprint density at radius 1 is 1.39 bits per heavy atom. The summed E-state index contributed by atoms with van der Waals surface area (Å²) in [5.74, 6) is 0.813. The molecule has 2 rings (SSSR count). The van der Waals surface area contributed by atoms with Crippen molar-refractivity contribution in [2.75, 3.05) is 5.73 Å². The number of halogens is 1. The van der Waals surface area contributed by atoms with Crippen molar-refractivity contribution < 1.29 is 4.74 Å². The number of nitriles is 1. The highest BCUT2D eigenvalue weighted by molar-refractivity contribution is 9.10. The number of benzene rings is 1. The molecule has 0 aliphatic carbocycles. The molecule has 2 N–H and O–H groups in total. The van der Waals surface area contributed by atoms with Gasteiger partial charge in [-0.2, -0.15) is 5.26 Å². The first-order valence-corrected chi connectivity index (χ1v) is 5.99. The van der Waals surface area contributed by atoms with Gasteiger partial charge in [-0.1, -0.05) is 0 Å². The molecule has 0 radical (unpaired) electrons. The first kappa shape index (κ1) is 12.4. The van der Waals surface area contributed by atoms with E-state index < -0.39 is 0 Å². The van der Waals surface area contributed by atoms with Crippen molar-refractivity contribution in [1.82, 2.24) is 4.98 Å². The molecule has 5 heteroatoms. The Kier molecular flexibility index (Phi) is 3.49. The minimum absolute atomic E-state index is 0.281. The fourth-order valence-corrected chi connectivity index (χ4v) is 1.78. The number of nitrogens with zero attached hydrogens (tertiary/aromatic N) is 2. The molecule has 1 aromatic carbocycles. The van der Waals surface area contributed by atoms with E-state index >= 15 is 0 Å². The molecule has 90 valence electrons. The van der Waals surface area contributed by atoms with E-state index in [1.807, 2.05) is 6.92 Å². The van der Waals surface area contributed by atoms with E-state index in [0.29, 0.717) is 17.0 Å². The molecule has 0 atom stereocenters. The first-order chi connectivity index (χ1) is 8.61. The van der Waals surface area contributed by atoms with Crippen LogP contribution in [0.15, 0.2) is 34.9 Å². The van der Waals surface area contributed by atoms with Crippen molar-refractivity contribution >= 4 is 21.6 Å². The number of aryl methyl sites for hydroxylation is 1. The number of nitrogens with two attached hydrogens (primary N) is 1. The van der Waals surface area contributed by atoms with Crippen molar-refractivity contribution in [2.45, 2.75) is 6.92 Å². The average molecular weight is 304 g/mol. The predicted molar refractivity (Wildman–Crippen MR) is 72.3 cm³/mol. The lowest BCUT2D eigenvalue weighted by molar-refractivity contribution is 0.458. The summed E-state index contributed by atoms with van der Waals surface area (Å²) in [5.41, 5.74) is 7.52. The van der Waals surface area contributed by atoms with Crippen LogP contribution in [-0.2, 0) is 0 Å². The number of hydrogen-bond acceptors (Lipinski definition) is 4. The number of pyridine rings is 1. The molecule has 0 bridgehead atoms. The molecule has 1 aromatic heterocycles. The SMILES string of the molecule is Cc1ccnc(Oc2cc(N)ccc2Br)c1C#N. The van der Waals surface area contributed by atoms with Crippen molar-refractivity contribution in [1.29, 1.82) is 5.26 Å². The predicted octanol–water partition coefficient (Wildman–Crippen LogP) is 3.40. The summed E-state index contributed by atoms with van der Waals surface area (Å²) in [4.78, 5) is 4.07. The van der Waals surface area contributed by atoms with Gasteiger partial charge in [-0.3, -0.25) is 0 Å². The Morgan fingerprint density at radius 3 is 2.89 bits per heavy atom. The van der Waals surface area contributed by atoms with E-state index in [0.717, 1.165) is 10.0 Å². The van der Waals surface area contributed by atoms with Gasteiger partial charge in [0.2, 0.25) is 5.88 Å². The lowest BCUT2D eigenvalue weighted by Crippen LogP contribution is -1.95. The van der Waals surface area contributed by atoms with Gasteiger partial charge in [-0.25, -0.2) is 4.98 Å². The van der Waals surface area contributed by atoms with E-state index in [1.54, 1.807) is 30.5 Å². The number of nitrogen functional groups attached to an aromatic ring is 1. The summed E-state index contributed by atoms with van der Waals surface area (Å²) in [6, 6.07) is 9.06. The minimum atomic E-state index is 0.281. The molecule has 0 spiro atoms. The van der Waals surface area contributed by atoms with Crippen molar-refractivity contribution in [3.05, 3.63) is 46.1 Å². The monoisotopic (exact) mass is 303 g/mol. The fourth-order valence-electron chi connectivity index (χ4n) is 1.45. The standard InChI is InChI=1S/C13H10BrN3O/c1-8-4-5-17-13(10(8)7-15)18-12-6-9(16)2-3-11(12)14/h2-6H,16H2,1H3. The molecule has 0 fully saturated rings. The Morgan fingerprint density at radius 2 is 2.17 bits per heavy atom. The van der Waals surface area contributed by atoms with Gasteiger partial charge >= 0.3 is 0 Å². The van der Waals surface area contributed by atoms with Crippen LogP contribution >= 0.6 is 15.9 Å². The number of ether oxygens (including phenoxy) is 1. The summed E-state index contributed by atoms with van der Waals surface area (Å²) < 4.78 is 6.39. The summed E-state index contributed by atoms with van der Waals surface area (Å²) in [5, 5.41) is 9.09. The third-order valence-corrected chi connectivity index (χ3v) is 3.05. The fraction of sp³-hybridized carbons (Fsp3) is 0.0769. The van der Waals surface area contributed by atoms with Crippen molar-refractivity contribution in [2.24, 2.45) is 0 Å². The summed E-state index contributed by atoms with van der Waals surface area (Å²) in [6.07, 6.45) is 1.60. The molecule has 0 aliphatic rings. The highest BCUT2D eigenvalue weighted by Gasteiger charge is 2.11. The lowest BCUT2D eigenvalue weighted by Gasteiger charge is -2.09. The number of aromatic nitrogens is 1. The molecule has 0 amide bonds. The highest BCUT2D eigenvalue weighted by atomic mass is 79.9. The number of rotatable bonds is 2. The number of hydrogen-bond donors (Lipinski definition) is 1. The van der Waals surface area contributed by atoms with Crippen LogP contribution in [0.25, 0.3) is 0 Å². The van der Waals surface area contributed by atoms with Crippen molar-refractivity contribution in [3.8, 4) is 17.7 Å². The molecular formula is C13H10BrN3O. The third-order valence-electron chi connectivity index (χ3n) is 2.40. The molecule has 2 aromatic rings. The van der Waals surface area contributed by atoms with Crippen LogP contribution < -0.4 is 10.5 Å². The first-order valence-electron chi connectivity index (χ1n) is 5.20. The summed E-state index contributed by atoms with van der Waals surface area (Å²) in [7, 11) is 0. The smallest absolute Gasteiger partial charge is 0.237 e. The molecule has 1 heterocycles. The lowest BCUT2D eigenvalue weighted by atomic mass is 10.2. The third kappa shape index (κ3) is 2.44. The van der Waals surface area contributed by atoms with Gasteiger partial charge in [0.1, 0.15) is 17.4 Å². The van der Waals surface area contributed by atoms with Gasteiger partial charge in [-0.05, 0) is 46.6 Å². The normalized spacial score (nSPS) is 9.83. The topological polar surface area (TPSA) is 71.9 Å². The maximum Gasteiger partial charge on any atom is 0.237 e. The molecule has 0 saturated carbocycles. The van der Waals surface area contributed by atoms with Gasteiger partial charge < -0.3 is 10.5 Å². The van der Waals surface area contributed by atoms with Gasteiger partial charge in [0, 0.05) is 18.0 Å². The second-order valence-electron chi connectivity index (χ2n) is 3.71. The van der Waals surface area contributed by atoms with Crippen LogP contribution in [0.1, 0.15) is 11.1 Å². The van der Waals surface area contributed by atoms with Crippen LogP contribution in [0.2, 0.25) is 0 Å². The molecule has 18 heavy (non-hydrogen) atoms. The average Bonchev–Trinajstić information content (AvgIpc) is 2.34. The van der Waals surface area contributed by atoms with E-state index in [-0.39, 0.29) is 5.88 Å². The zero-order valence-electron chi connectivity index (χ0n) is 9.64. The second-order valence-corrected chi connectivity index (χ2v) is 4.57. The molecular weight excluding hydrogens is 294 g/mol. The zero-order valence-corrected chi connectivity index (χ0v) is 11.2. The van der Waals surface area contributed by atoms with Crippen LogP contribution in [-0.4, -0.2) is 4.98 Å². The summed E-state index contributed by atoms with van der Waals surface area (Å²) >= 11 is 3.36. The van der Waals surface area contributed by atoms with Crippen LogP contribution in [0, 0.1) is 18.3 Å². The summed E-state index contributed by atoms with van der Waals surface area (Å²) in [6.45, 7) is 1.83. The van der Waals surface area contributed by atoms with E-state index in [4.69, 9.17) is 15.7 Å². The Hall–Kier alpha value is -2.06. The Labute approximate surface area is 113 Å². The maximum atomic E-state index is 9.09. The van der Waals surface area contributed by atoms with Gasteiger partial charge in [0.15, 0.2) is 0 Å². The highest BCUT2D eigenvalue weighted by Crippen LogP contribution is 2.32. The molecule has 4 nitrogen and oxygen atoms in total. The molecule has 0 saturated heterocycles. The van der Waals surface area contributed by atoms with E-state index in [9.17, 15) is 0 Å². The van der Waals surface area contributed by atoms with Crippen LogP contribution in [0.5, 0.6) is 11.6 Å². The maximum absolute atomic E-state index is 9.09. The van der Waals surface area contributed by atoms with Gasteiger partial charge in [0.05, 0.1) is 4.47 Å². The zero-order chi connectivity index (χ0) is 13.1.